The molecule has 3 rings (SSSR count). The minimum Gasteiger partial charge on any atom is -0.356 e. The monoisotopic (exact) mass is 540 g/mol. The van der Waals surface area contributed by atoms with Gasteiger partial charge in [-0.25, -0.2) is 9.97 Å². The molecule has 11 heteroatoms. The molecular formula is C18H24F3IN6S. The van der Waals surface area contributed by atoms with E-state index >= 15 is 0 Å². The molecule has 0 spiro atoms. The van der Waals surface area contributed by atoms with Crippen molar-refractivity contribution < 1.29 is 13.2 Å². The van der Waals surface area contributed by atoms with Gasteiger partial charge >= 0.3 is 6.18 Å². The van der Waals surface area contributed by atoms with Crippen LogP contribution in [0.1, 0.15) is 23.5 Å². The number of piperidine rings is 1. The molecule has 2 aromatic rings. The summed E-state index contributed by atoms with van der Waals surface area (Å²) in [6, 6.07) is 6.20. The molecule has 160 valence electrons. The molecule has 0 aromatic carbocycles. The first-order valence-corrected chi connectivity index (χ1v) is 9.98. The smallest absolute Gasteiger partial charge is 0.356 e. The standard InChI is InChI=1S/C18H23F3N6S.HI/c1-22-17(24-9-5-16-26-14(12-28-16)18(19,20)21)25-13-6-10-27(11-7-13)15-4-2-3-8-23-15;/h2-4,8,12-13H,5-7,9-11H2,1H3,(H2,22,24,25);1H. The molecule has 2 N–H and O–H groups in total. The van der Waals surface area contributed by atoms with Gasteiger partial charge in [-0.2, -0.15) is 13.2 Å². The zero-order valence-electron chi connectivity index (χ0n) is 15.9. The zero-order valence-corrected chi connectivity index (χ0v) is 19.1. The van der Waals surface area contributed by atoms with Crippen LogP contribution in [0.4, 0.5) is 19.0 Å². The van der Waals surface area contributed by atoms with Crippen molar-refractivity contribution in [1.82, 2.24) is 20.6 Å². The van der Waals surface area contributed by atoms with Crippen LogP contribution in [-0.4, -0.2) is 48.7 Å². The number of anilines is 1. The van der Waals surface area contributed by atoms with Gasteiger partial charge in [-0.1, -0.05) is 6.07 Å². The highest BCUT2D eigenvalue weighted by Gasteiger charge is 2.33. The second-order valence-corrected chi connectivity index (χ2v) is 7.41. The van der Waals surface area contributed by atoms with Crippen LogP contribution in [-0.2, 0) is 12.6 Å². The van der Waals surface area contributed by atoms with Gasteiger partial charge in [0, 0.05) is 50.7 Å². The lowest BCUT2D eigenvalue weighted by Gasteiger charge is -2.33. The Hall–Kier alpha value is -1.63. The van der Waals surface area contributed by atoms with Crippen LogP contribution >= 0.6 is 35.3 Å². The summed E-state index contributed by atoms with van der Waals surface area (Å²) in [5.41, 5.74) is -0.824. The van der Waals surface area contributed by atoms with Crippen LogP contribution in [0.3, 0.4) is 0 Å². The second kappa shape index (κ2) is 11.0. The third kappa shape index (κ3) is 6.98. The summed E-state index contributed by atoms with van der Waals surface area (Å²) in [5.74, 6) is 1.65. The van der Waals surface area contributed by atoms with Crippen LogP contribution in [0.25, 0.3) is 0 Å². The number of halogens is 4. The first-order chi connectivity index (χ1) is 13.5. The molecule has 0 radical (unpaired) electrons. The van der Waals surface area contributed by atoms with Gasteiger partial charge in [0.05, 0.1) is 5.01 Å². The lowest BCUT2D eigenvalue weighted by atomic mass is 10.1. The fraction of sp³-hybridized carbons (Fsp3) is 0.500. The van der Waals surface area contributed by atoms with Crippen molar-refractivity contribution in [3.05, 3.63) is 40.5 Å². The predicted octanol–water partition coefficient (Wildman–Crippen LogP) is 3.55. The number of aliphatic imine (C=N–C) groups is 1. The van der Waals surface area contributed by atoms with Crippen molar-refractivity contribution in [1.29, 1.82) is 0 Å². The summed E-state index contributed by atoms with van der Waals surface area (Å²) in [7, 11) is 1.68. The molecule has 0 amide bonds. The van der Waals surface area contributed by atoms with E-state index in [2.05, 4.69) is 30.5 Å². The minimum absolute atomic E-state index is 0. The SMILES string of the molecule is CN=C(NCCc1nc(C(F)(F)F)cs1)NC1CCN(c2ccccn2)CC1.I. The largest absolute Gasteiger partial charge is 0.434 e. The third-order valence-corrected chi connectivity index (χ3v) is 5.41. The summed E-state index contributed by atoms with van der Waals surface area (Å²) < 4.78 is 37.8. The van der Waals surface area contributed by atoms with Crippen molar-refractivity contribution in [2.24, 2.45) is 4.99 Å². The fourth-order valence-electron chi connectivity index (χ4n) is 3.03. The molecule has 1 fully saturated rings. The number of hydrogen-bond donors (Lipinski definition) is 2. The Kier molecular flexibility index (Phi) is 8.93. The highest BCUT2D eigenvalue weighted by Crippen LogP contribution is 2.30. The number of rotatable bonds is 5. The zero-order chi connectivity index (χ0) is 20.0. The van der Waals surface area contributed by atoms with Gasteiger partial charge in [0.25, 0.3) is 0 Å². The van der Waals surface area contributed by atoms with Crippen molar-refractivity contribution in [2.75, 3.05) is 31.6 Å². The van der Waals surface area contributed by atoms with Crippen molar-refractivity contribution in [2.45, 2.75) is 31.5 Å². The summed E-state index contributed by atoms with van der Waals surface area (Å²) in [4.78, 5) is 14.5. The highest BCUT2D eigenvalue weighted by molar-refractivity contribution is 14.0. The number of pyridine rings is 1. The van der Waals surface area contributed by atoms with Crippen molar-refractivity contribution >= 4 is 47.1 Å². The number of nitrogens with one attached hydrogen (secondary N) is 2. The fourth-order valence-corrected chi connectivity index (χ4v) is 3.83. The van der Waals surface area contributed by atoms with E-state index in [1.165, 1.54) is 0 Å². The molecule has 0 saturated carbocycles. The first-order valence-electron chi connectivity index (χ1n) is 9.10. The topological polar surface area (TPSA) is 65.4 Å². The number of aromatic nitrogens is 2. The van der Waals surface area contributed by atoms with Gasteiger partial charge < -0.3 is 15.5 Å². The van der Waals surface area contributed by atoms with E-state index in [4.69, 9.17) is 0 Å². The van der Waals surface area contributed by atoms with Gasteiger partial charge in [-0.3, -0.25) is 4.99 Å². The molecule has 0 aliphatic carbocycles. The summed E-state index contributed by atoms with van der Waals surface area (Å²) >= 11 is 1.03. The molecule has 1 aliphatic heterocycles. The van der Waals surface area contributed by atoms with E-state index in [0.29, 0.717) is 30.0 Å². The van der Waals surface area contributed by atoms with Crippen LogP contribution in [0.5, 0.6) is 0 Å². The van der Waals surface area contributed by atoms with E-state index in [1.54, 1.807) is 13.2 Å². The van der Waals surface area contributed by atoms with E-state index < -0.39 is 11.9 Å². The lowest BCUT2D eigenvalue weighted by molar-refractivity contribution is -0.140. The molecule has 6 nitrogen and oxygen atoms in total. The van der Waals surface area contributed by atoms with E-state index in [-0.39, 0.29) is 24.0 Å². The summed E-state index contributed by atoms with van der Waals surface area (Å²) in [5, 5.41) is 8.05. The van der Waals surface area contributed by atoms with Crippen molar-refractivity contribution in [3.8, 4) is 0 Å². The van der Waals surface area contributed by atoms with Gasteiger partial charge in [-0.15, -0.1) is 35.3 Å². The average molecular weight is 540 g/mol. The molecule has 0 unspecified atom stereocenters. The van der Waals surface area contributed by atoms with E-state index in [0.717, 1.165) is 48.5 Å². The Morgan fingerprint density at radius 3 is 2.66 bits per heavy atom. The van der Waals surface area contributed by atoms with E-state index in [9.17, 15) is 13.2 Å². The Morgan fingerprint density at radius 1 is 1.31 bits per heavy atom. The third-order valence-electron chi connectivity index (χ3n) is 4.51. The Labute approximate surface area is 189 Å². The van der Waals surface area contributed by atoms with Crippen molar-refractivity contribution in [3.63, 3.8) is 0 Å². The maximum Gasteiger partial charge on any atom is 0.434 e. The quantitative estimate of drug-likeness (QED) is 0.345. The molecule has 1 saturated heterocycles. The van der Waals surface area contributed by atoms with Crippen LogP contribution in [0, 0.1) is 0 Å². The van der Waals surface area contributed by atoms with Crippen LogP contribution in [0.15, 0.2) is 34.8 Å². The van der Waals surface area contributed by atoms with Gasteiger partial charge in [-0.05, 0) is 25.0 Å². The predicted molar refractivity (Wildman–Crippen MR) is 120 cm³/mol. The number of hydrogen-bond acceptors (Lipinski definition) is 5. The number of nitrogens with zero attached hydrogens (tertiary/aromatic N) is 4. The molecule has 1 aliphatic rings. The normalized spacial score (nSPS) is 15.7. The first kappa shape index (κ1) is 23.6. The summed E-state index contributed by atoms with van der Waals surface area (Å²) in [6.07, 6.45) is -0.258. The maximum atomic E-state index is 12.6. The van der Waals surface area contributed by atoms with Gasteiger partial charge in [0.15, 0.2) is 11.7 Å². The molecule has 29 heavy (non-hydrogen) atoms. The summed E-state index contributed by atoms with van der Waals surface area (Å²) in [6.45, 7) is 2.29. The second-order valence-electron chi connectivity index (χ2n) is 6.47. The molecule has 0 bridgehead atoms. The van der Waals surface area contributed by atoms with E-state index in [1.807, 2.05) is 18.2 Å². The van der Waals surface area contributed by atoms with Crippen LogP contribution < -0.4 is 15.5 Å². The molecule has 2 aromatic heterocycles. The molecule has 0 atom stereocenters. The number of guanidine groups is 1. The van der Waals surface area contributed by atoms with Gasteiger partial charge in [0.1, 0.15) is 5.82 Å². The number of thiazole rings is 1. The minimum atomic E-state index is -4.39. The number of alkyl halides is 3. The Balaban J connectivity index is 0.00000300. The molecule has 3 heterocycles. The highest BCUT2D eigenvalue weighted by atomic mass is 127. The Morgan fingerprint density at radius 2 is 2.07 bits per heavy atom. The average Bonchev–Trinajstić information content (AvgIpc) is 3.18. The maximum absolute atomic E-state index is 12.6. The molecular weight excluding hydrogens is 516 g/mol. The lowest BCUT2D eigenvalue weighted by Crippen LogP contribution is -2.49. The van der Waals surface area contributed by atoms with Crippen LogP contribution in [0.2, 0.25) is 0 Å². The van der Waals surface area contributed by atoms with Gasteiger partial charge in [0.2, 0.25) is 0 Å². The Bertz CT molecular complexity index is 775.